The maximum absolute atomic E-state index is 12.2. The Morgan fingerprint density at radius 1 is 1.14 bits per heavy atom. The molecule has 0 bridgehead atoms. The molecule has 2 aliphatic rings. The summed E-state index contributed by atoms with van der Waals surface area (Å²) in [6.07, 6.45) is 10.2. The number of hydrogen-bond donors (Lipinski definition) is 1. The Morgan fingerprint density at radius 3 is 2.71 bits per heavy atom. The average Bonchev–Trinajstić information content (AvgIpc) is 3.39. The lowest BCUT2D eigenvalue weighted by molar-refractivity contribution is -0.0740. The number of ether oxygens (including phenoxy) is 1. The minimum atomic E-state index is -0.0247. The number of benzene rings is 1. The van der Waals surface area contributed by atoms with E-state index in [0.717, 1.165) is 51.1 Å². The van der Waals surface area contributed by atoms with Gasteiger partial charge < -0.3 is 14.5 Å². The van der Waals surface area contributed by atoms with E-state index in [1.54, 1.807) is 6.26 Å². The van der Waals surface area contributed by atoms with Gasteiger partial charge in [-0.05, 0) is 56.0 Å². The normalized spacial score (nSPS) is 22.1. The molecule has 1 aromatic heterocycles. The molecule has 0 aliphatic carbocycles. The number of carbonyl (C=O) groups excluding carboxylic acids is 1. The predicted octanol–water partition coefficient (Wildman–Crippen LogP) is 3.74. The number of carbonyl (C=O) groups is 1. The Balaban J connectivity index is 1.19. The van der Waals surface area contributed by atoms with Crippen LogP contribution in [0.3, 0.4) is 0 Å². The zero-order chi connectivity index (χ0) is 19.2. The summed E-state index contributed by atoms with van der Waals surface area (Å²) < 4.78 is 11.7. The van der Waals surface area contributed by atoms with Crippen LogP contribution in [-0.2, 0) is 4.74 Å². The summed E-state index contributed by atoms with van der Waals surface area (Å²) >= 11 is 0. The molecule has 3 heterocycles. The van der Waals surface area contributed by atoms with Crippen LogP contribution in [0.5, 0.6) is 0 Å². The fraction of sp³-hybridized carbons (Fsp3) is 0.435. The molecule has 0 radical (unpaired) electrons. The molecule has 2 aromatic rings. The van der Waals surface area contributed by atoms with Crippen molar-refractivity contribution in [2.45, 2.75) is 37.4 Å². The Hall–Kier alpha value is -2.37. The van der Waals surface area contributed by atoms with Crippen LogP contribution in [0.1, 0.15) is 41.8 Å². The average molecular weight is 380 g/mol. The van der Waals surface area contributed by atoms with Gasteiger partial charge in [-0.15, -0.1) is 0 Å². The van der Waals surface area contributed by atoms with Crippen LogP contribution < -0.4 is 5.32 Å². The number of likely N-dealkylation sites (tertiary alicyclic amines) is 1. The monoisotopic (exact) mass is 380 g/mol. The van der Waals surface area contributed by atoms with Crippen LogP contribution >= 0.6 is 0 Å². The first-order valence-electron chi connectivity index (χ1n) is 10.2. The third-order valence-electron chi connectivity index (χ3n) is 5.82. The van der Waals surface area contributed by atoms with Gasteiger partial charge in [-0.1, -0.05) is 24.3 Å². The van der Waals surface area contributed by atoms with Crippen molar-refractivity contribution in [3.8, 4) is 0 Å². The van der Waals surface area contributed by atoms with Crippen molar-refractivity contribution in [3.63, 3.8) is 0 Å². The Morgan fingerprint density at radius 2 is 1.96 bits per heavy atom. The van der Waals surface area contributed by atoms with E-state index in [0.29, 0.717) is 12.1 Å². The maximum atomic E-state index is 12.2. The fourth-order valence-corrected chi connectivity index (χ4v) is 4.15. The molecular weight excluding hydrogens is 352 g/mol. The van der Waals surface area contributed by atoms with Crippen molar-refractivity contribution < 1.29 is 13.9 Å². The topological polar surface area (TPSA) is 54.7 Å². The van der Waals surface area contributed by atoms with Gasteiger partial charge in [0.15, 0.2) is 0 Å². The second-order valence-corrected chi connectivity index (χ2v) is 7.76. The molecule has 0 unspecified atom stereocenters. The lowest BCUT2D eigenvalue weighted by atomic mass is 9.88. The smallest absolute Gasteiger partial charge is 0.251 e. The van der Waals surface area contributed by atoms with E-state index in [2.05, 4.69) is 16.3 Å². The molecule has 1 amide bonds. The molecule has 2 fully saturated rings. The number of hydrogen-bond acceptors (Lipinski definition) is 4. The summed E-state index contributed by atoms with van der Waals surface area (Å²) in [5, 5.41) is 3.02. The van der Waals surface area contributed by atoms with Crippen molar-refractivity contribution in [2.24, 2.45) is 0 Å². The highest BCUT2D eigenvalue weighted by molar-refractivity contribution is 5.94. The highest BCUT2D eigenvalue weighted by Crippen LogP contribution is 2.38. The SMILES string of the molecule is O=C(NC[C@H]1CCC2(CCN(C/C=C/c3ccco3)CC2)O1)c1ccccc1. The fourth-order valence-electron chi connectivity index (χ4n) is 4.15. The van der Waals surface area contributed by atoms with Gasteiger partial charge in [0.1, 0.15) is 5.76 Å². The number of nitrogens with one attached hydrogen (secondary N) is 1. The van der Waals surface area contributed by atoms with Crippen molar-refractivity contribution in [2.75, 3.05) is 26.2 Å². The molecule has 1 N–H and O–H groups in total. The number of piperidine rings is 1. The molecule has 148 valence electrons. The first-order valence-corrected chi connectivity index (χ1v) is 10.2. The van der Waals surface area contributed by atoms with Gasteiger partial charge in [0, 0.05) is 31.7 Å². The molecule has 1 aromatic carbocycles. The molecule has 1 spiro atoms. The number of nitrogens with zero attached hydrogens (tertiary/aromatic N) is 1. The van der Waals surface area contributed by atoms with E-state index in [-0.39, 0.29) is 17.6 Å². The molecule has 4 rings (SSSR count). The van der Waals surface area contributed by atoms with E-state index < -0.39 is 0 Å². The van der Waals surface area contributed by atoms with Crippen LogP contribution in [-0.4, -0.2) is 48.7 Å². The Kier molecular flexibility index (Phi) is 5.93. The van der Waals surface area contributed by atoms with Gasteiger partial charge in [-0.3, -0.25) is 9.69 Å². The molecular formula is C23H28N2O3. The first kappa shape index (κ1) is 19.0. The molecule has 5 heteroatoms. The van der Waals surface area contributed by atoms with Crippen LogP contribution in [0, 0.1) is 0 Å². The minimum absolute atomic E-state index is 0.00334. The summed E-state index contributed by atoms with van der Waals surface area (Å²) in [7, 11) is 0. The van der Waals surface area contributed by atoms with Crippen LogP contribution in [0.4, 0.5) is 0 Å². The summed E-state index contributed by atoms with van der Waals surface area (Å²) in [6.45, 7) is 3.62. The first-order chi connectivity index (χ1) is 13.7. The highest BCUT2D eigenvalue weighted by Gasteiger charge is 2.42. The Bertz CT molecular complexity index is 777. The quantitative estimate of drug-likeness (QED) is 0.830. The van der Waals surface area contributed by atoms with Gasteiger partial charge in [0.05, 0.1) is 18.0 Å². The zero-order valence-corrected chi connectivity index (χ0v) is 16.2. The number of rotatable bonds is 6. The largest absolute Gasteiger partial charge is 0.465 e. The van der Waals surface area contributed by atoms with Crippen molar-refractivity contribution in [1.29, 1.82) is 0 Å². The van der Waals surface area contributed by atoms with E-state index in [4.69, 9.17) is 9.15 Å². The molecule has 2 aliphatic heterocycles. The van der Waals surface area contributed by atoms with Crippen LogP contribution in [0.25, 0.3) is 6.08 Å². The third-order valence-corrected chi connectivity index (χ3v) is 5.82. The van der Waals surface area contributed by atoms with Crippen LogP contribution in [0.2, 0.25) is 0 Å². The van der Waals surface area contributed by atoms with E-state index in [1.165, 1.54) is 0 Å². The van der Waals surface area contributed by atoms with Gasteiger partial charge in [-0.25, -0.2) is 0 Å². The number of amides is 1. The molecule has 1 atom stereocenters. The van der Waals surface area contributed by atoms with Gasteiger partial charge in [0.25, 0.3) is 5.91 Å². The summed E-state index contributed by atoms with van der Waals surface area (Å²) in [6, 6.07) is 13.2. The lowest BCUT2D eigenvalue weighted by Crippen LogP contribution is -2.45. The second kappa shape index (κ2) is 8.76. The molecule has 5 nitrogen and oxygen atoms in total. The maximum Gasteiger partial charge on any atom is 0.251 e. The molecule has 2 saturated heterocycles. The highest BCUT2D eigenvalue weighted by atomic mass is 16.5. The minimum Gasteiger partial charge on any atom is -0.465 e. The van der Waals surface area contributed by atoms with Gasteiger partial charge in [0.2, 0.25) is 0 Å². The second-order valence-electron chi connectivity index (χ2n) is 7.76. The predicted molar refractivity (Wildman–Crippen MR) is 109 cm³/mol. The standard InChI is InChI=1S/C23H28N2O3/c26-22(19-6-2-1-3-7-19)24-18-21-10-11-23(28-21)12-15-25(16-13-23)14-4-8-20-9-5-17-27-20/h1-9,17,21H,10-16,18H2,(H,24,26)/b8-4+/t21-/m1/s1. The third kappa shape index (κ3) is 4.72. The van der Waals surface area contributed by atoms with Gasteiger partial charge in [-0.2, -0.15) is 0 Å². The van der Waals surface area contributed by atoms with E-state index >= 15 is 0 Å². The lowest BCUT2D eigenvalue weighted by Gasteiger charge is -2.38. The van der Waals surface area contributed by atoms with Crippen molar-refractivity contribution >= 4 is 12.0 Å². The summed E-state index contributed by atoms with van der Waals surface area (Å²) in [4.78, 5) is 14.7. The van der Waals surface area contributed by atoms with E-state index in [1.807, 2.05) is 48.5 Å². The zero-order valence-electron chi connectivity index (χ0n) is 16.2. The Labute approximate surface area is 166 Å². The van der Waals surface area contributed by atoms with Crippen LogP contribution in [0.15, 0.2) is 59.2 Å². The van der Waals surface area contributed by atoms with Crippen molar-refractivity contribution in [3.05, 3.63) is 66.1 Å². The molecule has 28 heavy (non-hydrogen) atoms. The van der Waals surface area contributed by atoms with Crippen molar-refractivity contribution in [1.82, 2.24) is 10.2 Å². The summed E-state index contributed by atoms with van der Waals surface area (Å²) in [5.41, 5.74) is 0.703. The van der Waals surface area contributed by atoms with E-state index in [9.17, 15) is 4.79 Å². The number of furan rings is 1. The molecule has 0 saturated carbocycles. The summed E-state index contributed by atoms with van der Waals surface area (Å²) in [5.74, 6) is 0.872. The van der Waals surface area contributed by atoms with Gasteiger partial charge >= 0.3 is 0 Å².